The number of pyridine rings is 1. The number of rotatable bonds is 4. The molecule has 1 aromatic heterocycles. The Hall–Kier alpha value is -1.88. The third-order valence-electron chi connectivity index (χ3n) is 2.89. The predicted molar refractivity (Wildman–Crippen MR) is 71.1 cm³/mol. The molecule has 2 aromatic rings. The summed E-state index contributed by atoms with van der Waals surface area (Å²) in [6.07, 6.45) is -4.34. The van der Waals surface area contributed by atoms with Crippen molar-refractivity contribution in [2.24, 2.45) is 0 Å². The van der Waals surface area contributed by atoms with E-state index in [9.17, 15) is 13.2 Å². The zero-order valence-corrected chi connectivity index (χ0v) is 11.0. The molecule has 1 aromatic carbocycles. The predicted octanol–water partition coefficient (Wildman–Crippen LogP) is 3.78. The van der Waals surface area contributed by atoms with Gasteiger partial charge < -0.3 is 0 Å². The smallest absolute Gasteiger partial charge is 0.297 e. The Labute approximate surface area is 115 Å². The molecular formula is C15H15F3N2. The summed E-state index contributed by atoms with van der Waals surface area (Å²) < 4.78 is 39.3. The van der Waals surface area contributed by atoms with Gasteiger partial charge in [-0.1, -0.05) is 36.4 Å². The lowest BCUT2D eigenvalue weighted by atomic mass is 10.1. The molecule has 0 fully saturated rings. The second-order valence-corrected chi connectivity index (χ2v) is 4.54. The summed E-state index contributed by atoms with van der Waals surface area (Å²) in [6, 6.07) is 11.4. The maximum atomic E-state index is 13.1. The van der Waals surface area contributed by atoms with Crippen molar-refractivity contribution in [2.45, 2.75) is 25.7 Å². The monoisotopic (exact) mass is 280 g/mol. The highest BCUT2D eigenvalue weighted by molar-refractivity contribution is 5.20. The number of hydrogen-bond acceptors (Lipinski definition) is 2. The summed E-state index contributed by atoms with van der Waals surface area (Å²) in [6.45, 7) is 1.88. The minimum atomic E-state index is -4.34. The fraction of sp³-hybridized carbons (Fsp3) is 0.267. The summed E-state index contributed by atoms with van der Waals surface area (Å²) in [5.74, 6) is 0. The van der Waals surface area contributed by atoms with Crippen LogP contribution in [0.4, 0.5) is 13.2 Å². The normalized spacial score (nSPS) is 13.2. The van der Waals surface area contributed by atoms with Crippen LogP contribution in [-0.2, 0) is 6.54 Å². The third kappa shape index (κ3) is 3.81. The highest BCUT2D eigenvalue weighted by atomic mass is 19.4. The molecule has 2 rings (SSSR count). The molecule has 0 amide bonds. The fourth-order valence-electron chi connectivity index (χ4n) is 1.97. The van der Waals surface area contributed by atoms with Crippen LogP contribution in [0.15, 0.2) is 48.5 Å². The number of aromatic nitrogens is 1. The number of halogens is 3. The standard InChI is InChI=1S/C15H15F3N2/c1-11-6-5-9-13(20-11)10-19-14(15(16,17)18)12-7-3-2-4-8-12/h2-9,14,19H,10H2,1H3. The van der Waals surface area contributed by atoms with Crippen molar-refractivity contribution in [1.29, 1.82) is 0 Å². The Balaban J connectivity index is 2.14. The lowest BCUT2D eigenvalue weighted by Gasteiger charge is -2.22. The van der Waals surface area contributed by atoms with Crippen molar-refractivity contribution in [3.8, 4) is 0 Å². The van der Waals surface area contributed by atoms with Crippen molar-refractivity contribution in [1.82, 2.24) is 10.3 Å². The number of nitrogens with one attached hydrogen (secondary N) is 1. The first-order valence-electron chi connectivity index (χ1n) is 6.24. The van der Waals surface area contributed by atoms with Crippen LogP contribution < -0.4 is 5.32 Å². The molecule has 20 heavy (non-hydrogen) atoms. The Bertz CT molecular complexity index is 553. The lowest BCUT2D eigenvalue weighted by Crippen LogP contribution is -2.34. The fourth-order valence-corrected chi connectivity index (χ4v) is 1.97. The van der Waals surface area contributed by atoms with Gasteiger partial charge >= 0.3 is 6.18 Å². The van der Waals surface area contributed by atoms with E-state index in [1.54, 1.807) is 30.3 Å². The highest BCUT2D eigenvalue weighted by Crippen LogP contribution is 2.32. The van der Waals surface area contributed by atoms with Crippen LogP contribution in [0.25, 0.3) is 0 Å². The van der Waals surface area contributed by atoms with Gasteiger partial charge in [-0.15, -0.1) is 0 Å². The molecule has 106 valence electrons. The van der Waals surface area contributed by atoms with E-state index in [2.05, 4.69) is 10.3 Å². The van der Waals surface area contributed by atoms with E-state index in [1.807, 2.05) is 13.0 Å². The second-order valence-electron chi connectivity index (χ2n) is 4.54. The minimum absolute atomic E-state index is 0.0702. The summed E-state index contributed by atoms with van der Waals surface area (Å²) >= 11 is 0. The molecule has 5 heteroatoms. The Morgan fingerprint density at radius 1 is 1.05 bits per heavy atom. The van der Waals surface area contributed by atoms with E-state index in [0.717, 1.165) is 5.69 Å². The molecule has 0 saturated carbocycles. The maximum absolute atomic E-state index is 13.1. The third-order valence-corrected chi connectivity index (χ3v) is 2.89. The zero-order chi connectivity index (χ0) is 14.6. The van der Waals surface area contributed by atoms with Gasteiger partial charge in [0.05, 0.1) is 5.69 Å². The molecule has 0 aliphatic heterocycles. The van der Waals surface area contributed by atoms with Crippen LogP contribution in [0.3, 0.4) is 0 Å². The molecule has 1 N–H and O–H groups in total. The first kappa shape index (κ1) is 14.5. The van der Waals surface area contributed by atoms with Crippen molar-refractivity contribution < 1.29 is 13.2 Å². The van der Waals surface area contributed by atoms with Gasteiger partial charge in [-0.2, -0.15) is 13.2 Å². The van der Waals surface area contributed by atoms with Gasteiger partial charge in [-0.25, -0.2) is 0 Å². The first-order chi connectivity index (χ1) is 9.47. The van der Waals surface area contributed by atoms with E-state index in [1.165, 1.54) is 12.1 Å². The van der Waals surface area contributed by atoms with Crippen molar-refractivity contribution in [3.63, 3.8) is 0 Å². The van der Waals surface area contributed by atoms with Crippen LogP contribution in [0.5, 0.6) is 0 Å². The topological polar surface area (TPSA) is 24.9 Å². The number of benzene rings is 1. The summed E-state index contributed by atoms with van der Waals surface area (Å²) in [5, 5.41) is 2.53. The molecule has 0 radical (unpaired) electrons. The average molecular weight is 280 g/mol. The van der Waals surface area contributed by atoms with E-state index < -0.39 is 12.2 Å². The van der Waals surface area contributed by atoms with Crippen molar-refractivity contribution in [3.05, 3.63) is 65.5 Å². The van der Waals surface area contributed by atoms with Crippen LogP contribution in [0, 0.1) is 6.92 Å². The van der Waals surface area contributed by atoms with E-state index in [-0.39, 0.29) is 12.1 Å². The average Bonchev–Trinajstić information content (AvgIpc) is 2.39. The molecule has 0 aliphatic carbocycles. The van der Waals surface area contributed by atoms with E-state index in [0.29, 0.717) is 5.69 Å². The largest absolute Gasteiger partial charge is 0.407 e. The molecular weight excluding hydrogens is 265 g/mol. The molecule has 0 spiro atoms. The van der Waals surface area contributed by atoms with Crippen LogP contribution in [0.1, 0.15) is 23.0 Å². The van der Waals surface area contributed by atoms with Crippen LogP contribution >= 0.6 is 0 Å². The van der Waals surface area contributed by atoms with Crippen LogP contribution in [-0.4, -0.2) is 11.2 Å². The number of aryl methyl sites for hydroxylation is 1. The number of hydrogen-bond donors (Lipinski definition) is 1. The van der Waals surface area contributed by atoms with Crippen molar-refractivity contribution >= 4 is 0 Å². The van der Waals surface area contributed by atoms with Gasteiger partial charge in [0.2, 0.25) is 0 Å². The van der Waals surface area contributed by atoms with E-state index >= 15 is 0 Å². The highest BCUT2D eigenvalue weighted by Gasteiger charge is 2.40. The van der Waals surface area contributed by atoms with Gasteiger partial charge in [-0.05, 0) is 24.6 Å². The van der Waals surface area contributed by atoms with Gasteiger partial charge in [0, 0.05) is 12.2 Å². The number of nitrogens with zero attached hydrogens (tertiary/aromatic N) is 1. The summed E-state index contributed by atoms with van der Waals surface area (Å²) in [5.41, 5.74) is 1.58. The maximum Gasteiger partial charge on any atom is 0.407 e. The quantitative estimate of drug-likeness (QED) is 0.921. The second kappa shape index (κ2) is 6.05. The summed E-state index contributed by atoms with van der Waals surface area (Å²) in [7, 11) is 0. The molecule has 1 heterocycles. The first-order valence-corrected chi connectivity index (χ1v) is 6.24. The molecule has 2 nitrogen and oxygen atoms in total. The van der Waals surface area contributed by atoms with Crippen LogP contribution in [0.2, 0.25) is 0 Å². The minimum Gasteiger partial charge on any atom is -0.297 e. The molecule has 0 bridgehead atoms. The zero-order valence-electron chi connectivity index (χ0n) is 11.0. The number of alkyl halides is 3. The Morgan fingerprint density at radius 2 is 1.75 bits per heavy atom. The Morgan fingerprint density at radius 3 is 2.35 bits per heavy atom. The van der Waals surface area contributed by atoms with Gasteiger partial charge in [0.1, 0.15) is 6.04 Å². The lowest BCUT2D eigenvalue weighted by molar-refractivity contribution is -0.158. The molecule has 0 saturated heterocycles. The van der Waals surface area contributed by atoms with E-state index in [4.69, 9.17) is 0 Å². The molecule has 1 unspecified atom stereocenters. The van der Waals surface area contributed by atoms with Gasteiger partial charge in [0.25, 0.3) is 0 Å². The summed E-state index contributed by atoms with van der Waals surface area (Å²) in [4.78, 5) is 4.19. The SMILES string of the molecule is Cc1cccc(CNC(c2ccccc2)C(F)(F)F)n1. The van der Waals surface area contributed by atoms with Gasteiger partial charge in [-0.3, -0.25) is 10.3 Å². The Kier molecular flexibility index (Phi) is 4.39. The van der Waals surface area contributed by atoms with Gasteiger partial charge in [0.15, 0.2) is 0 Å². The molecule has 0 aliphatic rings. The molecule has 1 atom stereocenters. The van der Waals surface area contributed by atoms with Crippen molar-refractivity contribution in [2.75, 3.05) is 0 Å².